The molecule has 1 aliphatic rings. The minimum Gasteiger partial charge on any atom is -0.494 e. The van der Waals surface area contributed by atoms with E-state index in [4.69, 9.17) is 9.47 Å². The Morgan fingerprint density at radius 2 is 2.38 bits per heavy atom. The van der Waals surface area contributed by atoms with Gasteiger partial charge < -0.3 is 14.5 Å². The van der Waals surface area contributed by atoms with E-state index in [2.05, 4.69) is 4.98 Å². The maximum Gasteiger partial charge on any atom is 0.165 e. The fraction of sp³-hybridized carbons (Fsp3) is 0.471. The van der Waals surface area contributed by atoms with E-state index in [0.29, 0.717) is 13.0 Å². The third-order valence-electron chi connectivity index (χ3n) is 3.98. The Hall–Kier alpha value is -1.81. The fourth-order valence-corrected chi connectivity index (χ4v) is 2.89. The van der Waals surface area contributed by atoms with Gasteiger partial charge in [0.2, 0.25) is 0 Å². The number of Topliss-reactive ketones (excluding diaryl/α,β-unsaturated/α-hetero) is 1. The van der Waals surface area contributed by atoms with Crippen molar-refractivity contribution in [3.05, 3.63) is 30.0 Å². The number of aromatic nitrogens is 1. The molecular formula is C17H21NO3. The van der Waals surface area contributed by atoms with E-state index in [1.165, 1.54) is 0 Å². The predicted octanol–water partition coefficient (Wildman–Crippen LogP) is 3.71. The smallest absolute Gasteiger partial charge is 0.165 e. The van der Waals surface area contributed by atoms with Crippen molar-refractivity contribution in [2.45, 2.75) is 38.7 Å². The van der Waals surface area contributed by atoms with Crippen LogP contribution in [0.15, 0.2) is 24.4 Å². The van der Waals surface area contributed by atoms with Gasteiger partial charge >= 0.3 is 0 Å². The Labute approximate surface area is 124 Å². The molecule has 1 N–H and O–H groups in total. The van der Waals surface area contributed by atoms with E-state index in [1.54, 1.807) is 6.20 Å². The zero-order valence-corrected chi connectivity index (χ0v) is 12.4. The molecule has 0 aliphatic carbocycles. The number of ether oxygens (including phenoxy) is 2. The number of carbonyl (C=O) groups is 1. The molecular weight excluding hydrogens is 266 g/mol. The van der Waals surface area contributed by atoms with Crippen molar-refractivity contribution in [3.63, 3.8) is 0 Å². The molecule has 1 unspecified atom stereocenters. The average molecular weight is 287 g/mol. The van der Waals surface area contributed by atoms with Gasteiger partial charge in [-0.1, -0.05) is 0 Å². The van der Waals surface area contributed by atoms with Gasteiger partial charge in [-0.2, -0.15) is 0 Å². The first kappa shape index (κ1) is 14.1. The Morgan fingerprint density at radius 3 is 3.14 bits per heavy atom. The minimum absolute atomic E-state index is 0.172. The van der Waals surface area contributed by atoms with Gasteiger partial charge in [-0.3, -0.25) is 4.79 Å². The summed E-state index contributed by atoms with van der Waals surface area (Å²) in [6.07, 6.45) is 5.61. The summed E-state index contributed by atoms with van der Waals surface area (Å²) in [4.78, 5) is 15.6. The Balaban J connectivity index is 1.75. The molecule has 4 heteroatoms. The molecule has 1 atom stereocenters. The molecule has 2 aromatic rings. The van der Waals surface area contributed by atoms with Crippen LogP contribution in [0.4, 0.5) is 0 Å². The molecule has 112 valence electrons. The van der Waals surface area contributed by atoms with Crippen molar-refractivity contribution in [1.29, 1.82) is 0 Å². The highest BCUT2D eigenvalue weighted by Gasteiger charge is 2.19. The van der Waals surface area contributed by atoms with Crippen LogP contribution in [-0.4, -0.2) is 30.1 Å². The molecule has 0 amide bonds. The van der Waals surface area contributed by atoms with E-state index in [1.807, 2.05) is 25.1 Å². The summed E-state index contributed by atoms with van der Waals surface area (Å²) in [7, 11) is 0. The number of hydrogen-bond acceptors (Lipinski definition) is 3. The van der Waals surface area contributed by atoms with Gasteiger partial charge in [0, 0.05) is 35.7 Å². The Bertz CT molecular complexity index is 626. The normalized spacial score (nSPS) is 18.2. The topological polar surface area (TPSA) is 51.3 Å². The Kier molecular flexibility index (Phi) is 4.25. The number of hydrogen-bond donors (Lipinski definition) is 1. The van der Waals surface area contributed by atoms with Crippen molar-refractivity contribution in [1.82, 2.24) is 4.98 Å². The number of carbonyl (C=O) groups excluding carboxylic acids is 1. The standard InChI is InChI=1S/C17H21NO3/c1-2-20-13-5-7-16-14(10-13)15(11-18-16)17(19)8-6-12-4-3-9-21-12/h5,7,10-12,18H,2-4,6,8-9H2,1H3. The van der Waals surface area contributed by atoms with Gasteiger partial charge in [-0.25, -0.2) is 0 Å². The second-order valence-corrected chi connectivity index (χ2v) is 5.44. The van der Waals surface area contributed by atoms with E-state index in [0.717, 1.165) is 48.1 Å². The lowest BCUT2D eigenvalue weighted by Crippen LogP contribution is -2.08. The quantitative estimate of drug-likeness (QED) is 0.824. The van der Waals surface area contributed by atoms with Crippen molar-refractivity contribution < 1.29 is 14.3 Å². The van der Waals surface area contributed by atoms with E-state index >= 15 is 0 Å². The molecule has 21 heavy (non-hydrogen) atoms. The summed E-state index contributed by atoms with van der Waals surface area (Å²) >= 11 is 0. The number of benzene rings is 1. The molecule has 1 aromatic heterocycles. The van der Waals surface area contributed by atoms with Crippen LogP contribution in [0.3, 0.4) is 0 Å². The number of ketones is 1. The second-order valence-electron chi connectivity index (χ2n) is 5.44. The van der Waals surface area contributed by atoms with Crippen molar-refractivity contribution in [3.8, 4) is 5.75 Å². The van der Waals surface area contributed by atoms with E-state index in [9.17, 15) is 4.79 Å². The third kappa shape index (κ3) is 3.10. The largest absolute Gasteiger partial charge is 0.494 e. The van der Waals surface area contributed by atoms with Gasteiger partial charge in [0.15, 0.2) is 5.78 Å². The Morgan fingerprint density at radius 1 is 1.48 bits per heavy atom. The molecule has 2 heterocycles. The summed E-state index contributed by atoms with van der Waals surface area (Å²) in [5, 5.41) is 0.943. The zero-order chi connectivity index (χ0) is 14.7. The van der Waals surface area contributed by atoms with Crippen molar-refractivity contribution in [2.24, 2.45) is 0 Å². The first-order chi connectivity index (χ1) is 10.3. The summed E-state index contributed by atoms with van der Waals surface area (Å²) in [6.45, 7) is 3.41. The monoisotopic (exact) mass is 287 g/mol. The fourth-order valence-electron chi connectivity index (χ4n) is 2.89. The molecule has 0 spiro atoms. The van der Waals surface area contributed by atoms with Crippen LogP contribution in [0.2, 0.25) is 0 Å². The SMILES string of the molecule is CCOc1ccc2[nH]cc(C(=O)CCC3CCCO3)c2c1. The van der Waals surface area contributed by atoms with Crippen LogP contribution in [0, 0.1) is 0 Å². The lowest BCUT2D eigenvalue weighted by atomic mass is 10.0. The summed E-state index contributed by atoms with van der Waals surface area (Å²) in [5.41, 5.74) is 1.73. The molecule has 1 saturated heterocycles. The highest BCUT2D eigenvalue weighted by Crippen LogP contribution is 2.26. The highest BCUT2D eigenvalue weighted by atomic mass is 16.5. The van der Waals surface area contributed by atoms with Crippen LogP contribution >= 0.6 is 0 Å². The van der Waals surface area contributed by atoms with Crippen LogP contribution in [0.5, 0.6) is 5.75 Å². The maximum atomic E-state index is 12.4. The highest BCUT2D eigenvalue weighted by molar-refractivity contribution is 6.08. The molecule has 0 bridgehead atoms. The van der Waals surface area contributed by atoms with Gasteiger partial charge in [-0.15, -0.1) is 0 Å². The third-order valence-corrected chi connectivity index (χ3v) is 3.98. The summed E-state index contributed by atoms with van der Waals surface area (Å²) in [6, 6.07) is 5.81. The van der Waals surface area contributed by atoms with E-state index in [-0.39, 0.29) is 11.9 Å². The first-order valence-electron chi connectivity index (χ1n) is 7.66. The maximum absolute atomic E-state index is 12.4. The van der Waals surface area contributed by atoms with Crippen LogP contribution in [-0.2, 0) is 4.74 Å². The summed E-state index contributed by atoms with van der Waals surface area (Å²) in [5.74, 6) is 0.975. The van der Waals surface area contributed by atoms with Crippen LogP contribution < -0.4 is 4.74 Å². The number of H-pyrrole nitrogens is 1. The number of aromatic amines is 1. The first-order valence-corrected chi connectivity index (χ1v) is 7.66. The molecule has 3 rings (SSSR count). The second kappa shape index (κ2) is 6.31. The molecule has 0 radical (unpaired) electrons. The van der Waals surface area contributed by atoms with Gasteiger partial charge in [0.05, 0.1) is 12.7 Å². The number of rotatable bonds is 6. The predicted molar refractivity (Wildman–Crippen MR) is 82.0 cm³/mol. The van der Waals surface area contributed by atoms with Gasteiger partial charge in [0.25, 0.3) is 0 Å². The molecule has 0 saturated carbocycles. The zero-order valence-electron chi connectivity index (χ0n) is 12.4. The van der Waals surface area contributed by atoms with Gasteiger partial charge in [-0.05, 0) is 44.4 Å². The molecule has 4 nitrogen and oxygen atoms in total. The lowest BCUT2D eigenvalue weighted by Gasteiger charge is -2.08. The van der Waals surface area contributed by atoms with Crippen LogP contribution in [0.1, 0.15) is 43.0 Å². The van der Waals surface area contributed by atoms with Crippen LogP contribution in [0.25, 0.3) is 10.9 Å². The molecule has 1 fully saturated rings. The molecule has 1 aromatic carbocycles. The number of fused-ring (bicyclic) bond motifs is 1. The van der Waals surface area contributed by atoms with E-state index < -0.39 is 0 Å². The molecule has 1 aliphatic heterocycles. The lowest BCUT2D eigenvalue weighted by molar-refractivity contribution is 0.0860. The van der Waals surface area contributed by atoms with Crippen molar-refractivity contribution >= 4 is 16.7 Å². The summed E-state index contributed by atoms with van der Waals surface area (Å²) < 4.78 is 11.1. The average Bonchev–Trinajstić information content (AvgIpc) is 3.14. The van der Waals surface area contributed by atoms with Crippen molar-refractivity contribution in [2.75, 3.05) is 13.2 Å². The van der Waals surface area contributed by atoms with Gasteiger partial charge in [0.1, 0.15) is 5.75 Å². The minimum atomic E-state index is 0.172. The number of nitrogens with one attached hydrogen (secondary N) is 1.